The molecular formula is BaO6S2TiZn. The van der Waals surface area contributed by atoms with E-state index in [1.807, 2.05) is 0 Å². The molecule has 6 nitrogen and oxygen atoms in total. The first-order chi connectivity index (χ1) is 2.00. The first kappa shape index (κ1) is 48.1. The van der Waals surface area contributed by atoms with Crippen LogP contribution in [-0.4, -0.2) is 66.4 Å². The van der Waals surface area contributed by atoms with E-state index >= 15 is 0 Å². The van der Waals surface area contributed by atoms with Crippen molar-refractivity contribution in [1.29, 1.82) is 0 Å². The molecule has 56 valence electrons. The van der Waals surface area contributed by atoms with Gasteiger partial charge in [0.25, 0.3) is 0 Å². The molecule has 0 amide bonds. The fourth-order valence-corrected chi connectivity index (χ4v) is 0. The SMILES string of the molecule is O=S(=O)([O-])[O-].[Ba+2].[O-2].[O-2].[S-2].[Ti+4].[Zn+2]. The van der Waals surface area contributed by atoms with Crippen molar-refractivity contribution >= 4 is 72.8 Å². The molecule has 11 heteroatoms. The van der Waals surface area contributed by atoms with Gasteiger partial charge >= 0.3 is 90.1 Å². The Hall–Kier alpha value is 3.05. The summed E-state index contributed by atoms with van der Waals surface area (Å²) in [7, 11) is -5.17. The quantitative estimate of drug-likeness (QED) is 0.260. The van der Waals surface area contributed by atoms with Crippen LogP contribution in [-0.2, 0) is 76.0 Å². The molecule has 0 heterocycles. The zero-order chi connectivity index (χ0) is 4.50. The van der Waals surface area contributed by atoms with E-state index in [4.69, 9.17) is 17.5 Å². The van der Waals surface area contributed by atoms with Crippen molar-refractivity contribution in [3.05, 3.63) is 0 Å². The largest absolute Gasteiger partial charge is 4.00 e. The van der Waals surface area contributed by atoms with Crippen LogP contribution < -0.4 is 0 Å². The number of rotatable bonds is 0. The molecule has 11 heavy (non-hydrogen) atoms. The van der Waals surface area contributed by atoms with Gasteiger partial charge in [-0.25, -0.2) is 0 Å². The smallest absolute Gasteiger partial charge is 2.00 e. The third kappa shape index (κ3) is 171. The molecule has 0 N–H and O–H groups in total. The normalized spacial score (nSPS) is 5.27. The Morgan fingerprint density at radius 2 is 1.00 bits per heavy atom. The molecule has 0 radical (unpaired) electrons. The first-order valence-electron chi connectivity index (χ1n) is 0.667. The van der Waals surface area contributed by atoms with Crippen molar-refractivity contribution in [2.45, 2.75) is 0 Å². The molecule has 0 aromatic carbocycles. The van der Waals surface area contributed by atoms with Crippen LogP contribution in [0.5, 0.6) is 0 Å². The Morgan fingerprint density at radius 3 is 1.00 bits per heavy atom. The van der Waals surface area contributed by atoms with Crippen molar-refractivity contribution in [2.24, 2.45) is 0 Å². The average molecular weight is 411 g/mol. The topological polar surface area (TPSA) is 137 Å². The summed E-state index contributed by atoms with van der Waals surface area (Å²) in [6.07, 6.45) is 0. The van der Waals surface area contributed by atoms with Gasteiger partial charge in [-0.2, -0.15) is 0 Å². The molecule has 0 aliphatic carbocycles. The zero-order valence-corrected chi connectivity index (χ0v) is 15.8. The van der Waals surface area contributed by atoms with E-state index in [0.717, 1.165) is 0 Å². The molecule has 0 fully saturated rings. The van der Waals surface area contributed by atoms with Gasteiger partial charge in [0.2, 0.25) is 0 Å². The van der Waals surface area contributed by atoms with Crippen LogP contribution in [0.25, 0.3) is 0 Å². The number of hydrogen-bond donors (Lipinski definition) is 0. The summed E-state index contributed by atoms with van der Waals surface area (Å²) in [4.78, 5) is 0. The van der Waals surface area contributed by atoms with Gasteiger partial charge in [0.05, 0.1) is 0 Å². The van der Waals surface area contributed by atoms with Gasteiger partial charge in [0.1, 0.15) is 0 Å². The summed E-state index contributed by atoms with van der Waals surface area (Å²) in [6, 6.07) is 0. The van der Waals surface area contributed by atoms with Crippen molar-refractivity contribution in [3.8, 4) is 0 Å². The minimum atomic E-state index is -5.17. The minimum Gasteiger partial charge on any atom is -2.00 e. The summed E-state index contributed by atoms with van der Waals surface area (Å²) in [5.41, 5.74) is 0. The summed E-state index contributed by atoms with van der Waals surface area (Å²) < 4.78 is 34.1. The van der Waals surface area contributed by atoms with Crippen LogP contribution in [0.3, 0.4) is 0 Å². The van der Waals surface area contributed by atoms with Crippen molar-refractivity contribution < 1.29 is 69.7 Å². The molecule has 0 aliphatic rings. The molecule has 0 saturated carbocycles. The molecular weight excluding hydrogens is 411 g/mol. The molecule has 0 saturated heterocycles. The zero-order valence-electron chi connectivity index (χ0n) is 5.18. The second-order valence-electron chi connectivity index (χ2n) is 0.408. The fourth-order valence-electron chi connectivity index (χ4n) is 0. The third-order valence-corrected chi connectivity index (χ3v) is 0. The predicted octanol–water partition coefficient (Wildman–Crippen LogP) is -1.96. The van der Waals surface area contributed by atoms with E-state index in [1.165, 1.54) is 0 Å². The summed E-state index contributed by atoms with van der Waals surface area (Å²) in [6.45, 7) is 0. The van der Waals surface area contributed by atoms with Crippen molar-refractivity contribution in [3.63, 3.8) is 0 Å². The average Bonchev–Trinajstić information content (AvgIpc) is 0.722. The first-order valence-corrected chi connectivity index (χ1v) is 2.00. The van der Waals surface area contributed by atoms with E-state index in [-0.39, 0.29) is 115 Å². The van der Waals surface area contributed by atoms with E-state index in [2.05, 4.69) is 0 Å². The van der Waals surface area contributed by atoms with Gasteiger partial charge in [-0.3, -0.25) is 8.42 Å². The Morgan fingerprint density at radius 1 is 1.00 bits per heavy atom. The van der Waals surface area contributed by atoms with E-state index in [1.54, 1.807) is 0 Å². The van der Waals surface area contributed by atoms with E-state index < -0.39 is 10.4 Å². The maximum absolute atomic E-state index is 8.52. The summed E-state index contributed by atoms with van der Waals surface area (Å²) >= 11 is 0. The molecule has 0 aromatic rings. The minimum absolute atomic E-state index is 0. The second kappa shape index (κ2) is 23.1. The van der Waals surface area contributed by atoms with Crippen LogP contribution in [0.1, 0.15) is 0 Å². The Labute approximate surface area is 140 Å². The van der Waals surface area contributed by atoms with Crippen LogP contribution >= 0.6 is 0 Å². The van der Waals surface area contributed by atoms with Crippen molar-refractivity contribution in [1.82, 2.24) is 0 Å². The van der Waals surface area contributed by atoms with Crippen LogP contribution in [0.2, 0.25) is 0 Å². The monoisotopic (exact) mass is 410 g/mol. The molecule has 0 bridgehead atoms. The van der Waals surface area contributed by atoms with Crippen LogP contribution in [0.4, 0.5) is 0 Å². The number of hydrogen-bond acceptors (Lipinski definition) is 4. The van der Waals surface area contributed by atoms with Gasteiger partial charge < -0.3 is 33.6 Å². The molecule has 0 aliphatic heterocycles. The van der Waals surface area contributed by atoms with Gasteiger partial charge in [-0.05, 0) is 0 Å². The van der Waals surface area contributed by atoms with Gasteiger partial charge in [0.15, 0.2) is 0 Å². The molecule has 0 spiro atoms. The van der Waals surface area contributed by atoms with Gasteiger partial charge in [-0.1, -0.05) is 0 Å². The molecule has 0 rings (SSSR count). The fraction of sp³-hybridized carbons (Fsp3) is 0. The maximum Gasteiger partial charge on any atom is 4.00 e. The van der Waals surface area contributed by atoms with Crippen LogP contribution in [0.15, 0.2) is 0 Å². The molecule has 0 aromatic heterocycles. The van der Waals surface area contributed by atoms with Gasteiger partial charge in [-0.15, -0.1) is 0 Å². The Kier molecular flexibility index (Phi) is 101. The summed E-state index contributed by atoms with van der Waals surface area (Å²) in [5.74, 6) is 0. The molecule has 0 atom stereocenters. The van der Waals surface area contributed by atoms with Crippen molar-refractivity contribution in [2.75, 3.05) is 0 Å². The van der Waals surface area contributed by atoms with E-state index in [9.17, 15) is 0 Å². The maximum atomic E-state index is 8.52. The Bertz CT molecular complexity index is 104. The van der Waals surface area contributed by atoms with Crippen LogP contribution in [0, 0.1) is 0 Å². The predicted molar refractivity (Wildman–Crippen MR) is 25.0 cm³/mol. The Balaban J connectivity index is -0.00000000533. The summed E-state index contributed by atoms with van der Waals surface area (Å²) in [5, 5.41) is 0. The standard InChI is InChI=1S/Ba.H2O4S.2O.S.Ti.Zn/c;1-5(2,3)4;;;;;/h;(H2,1,2,3,4);;;;;/q+2;;3*-2;+4;+2/p-2. The van der Waals surface area contributed by atoms with E-state index in [0.29, 0.717) is 0 Å². The molecule has 0 unspecified atom stereocenters. The second-order valence-corrected chi connectivity index (χ2v) is 1.22. The third-order valence-electron chi connectivity index (χ3n) is 0. The van der Waals surface area contributed by atoms with Gasteiger partial charge in [0, 0.05) is 10.4 Å².